The van der Waals surface area contributed by atoms with Crippen LogP contribution in [0, 0.1) is 0 Å². The van der Waals surface area contributed by atoms with E-state index in [9.17, 15) is 5.11 Å². The van der Waals surface area contributed by atoms with Crippen molar-refractivity contribution in [3.05, 3.63) is 107 Å². The molecule has 0 bridgehead atoms. The highest BCUT2D eigenvalue weighted by Gasteiger charge is 2.32. The minimum atomic E-state index is 0.0262. The fourth-order valence-electron chi connectivity index (χ4n) is 4.19. The van der Waals surface area contributed by atoms with E-state index < -0.39 is 0 Å². The van der Waals surface area contributed by atoms with Crippen LogP contribution in [-0.2, 0) is 12.8 Å². The maximum atomic E-state index is 10.2. The number of aliphatic hydroxyl groups is 1. The fraction of sp³-hybridized carbons (Fsp3) is 0.250. The summed E-state index contributed by atoms with van der Waals surface area (Å²) in [6.07, 6.45) is 1.99. The summed E-state index contributed by atoms with van der Waals surface area (Å²) in [7, 11) is 0. The molecule has 132 valence electrons. The Morgan fingerprint density at radius 3 is 2.23 bits per heavy atom. The minimum Gasteiger partial charge on any atom is -0.394 e. The average Bonchev–Trinajstić information content (AvgIpc) is 2.71. The zero-order valence-electron chi connectivity index (χ0n) is 15.0. The predicted molar refractivity (Wildman–Crippen MR) is 106 cm³/mol. The van der Waals surface area contributed by atoms with Gasteiger partial charge in [0.1, 0.15) is 0 Å². The molecule has 1 aliphatic rings. The number of benzene rings is 3. The van der Waals surface area contributed by atoms with Crippen LogP contribution in [0.2, 0.25) is 0 Å². The SMILES string of the molecule is OC[C@@H](c1ccccc1)N1CCc2ccccc2[C@@H]1Cc1ccccc1. The third-order valence-electron chi connectivity index (χ3n) is 5.48. The molecule has 2 atom stereocenters. The minimum absolute atomic E-state index is 0.0262. The molecular weight excluding hydrogens is 318 g/mol. The van der Waals surface area contributed by atoms with E-state index in [0.717, 1.165) is 19.4 Å². The van der Waals surface area contributed by atoms with Gasteiger partial charge in [-0.1, -0.05) is 84.9 Å². The highest BCUT2D eigenvalue weighted by Crippen LogP contribution is 2.38. The monoisotopic (exact) mass is 343 g/mol. The lowest BCUT2D eigenvalue weighted by atomic mass is 9.86. The quantitative estimate of drug-likeness (QED) is 0.734. The Kier molecular flexibility index (Phi) is 5.14. The van der Waals surface area contributed by atoms with Crippen LogP contribution in [-0.4, -0.2) is 23.2 Å². The molecule has 0 radical (unpaired) electrons. The molecule has 4 rings (SSSR count). The lowest BCUT2D eigenvalue weighted by molar-refractivity contribution is 0.0744. The maximum absolute atomic E-state index is 10.2. The normalized spacial score (nSPS) is 18.3. The third kappa shape index (κ3) is 3.44. The van der Waals surface area contributed by atoms with Crippen LogP contribution in [0.5, 0.6) is 0 Å². The first-order chi connectivity index (χ1) is 12.9. The van der Waals surface area contributed by atoms with Crippen LogP contribution in [0.25, 0.3) is 0 Å². The largest absolute Gasteiger partial charge is 0.394 e. The summed E-state index contributed by atoms with van der Waals surface area (Å²) >= 11 is 0. The van der Waals surface area contributed by atoms with Crippen LogP contribution >= 0.6 is 0 Å². The van der Waals surface area contributed by atoms with E-state index in [1.165, 1.54) is 22.3 Å². The van der Waals surface area contributed by atoms with Gasteiger partial charge in [-0.05, 0) is 35.1 Å². The van der Waals surface area contributed by atoms with Crippen molar-refractivity contribution < 1.29 is 5.11 Å². The number of fused-ring (bicyclic) bond motifs is 1. The molecule has 1 aliphatic heterocycles. The second-order valence-electron chi connectivity index (χ2n) is 7.00. The van der Waals surface area contributed by atoms with Gasteiger partial charge in [0.05, 0.1) is 12.6 Å². The zero-order valence-corrected chi connectivity index (χ0v) is 15.0. The van der Waals surface area contributed by atoms with Gasteiger partial charge in [-0.25, -0.2) is 0 Å². The Morgan fingerprint density at radius 1 is 0.846 bits per heavy atom. The summed E-state index contributed by atoms with van der Waals surface area (Å²) in [5.41, 5.74) is 5.36. The molecule has 3 aromatic rings. The van der Waals surface area contributed by atoms with Crippen molar-refractivity contribution in [3.63, 3.8) is 0 Å². The molecule has 0 saturated heterocycles. The molecule has 2 heteroatoms. The molecule has 0 aliphatic carbocycles. The fourth-order valence-corrected chi connectivity index (χ4v) is 4.19. The third-order valence-corrected chi connectivity index (χ3v) is 5.48. The van der Waals surface area contributed by atoms with Crippen LogP contribution < -0.4 is 0 Å². The molecule has 0 saturated carbocycles. The number of hydrogen-bond donors (Lipinski definition) is 1. The van der Waals surface area contributed by atoms with Gasteiger partial charge in [-0.2, -0.15) is 0 Å². The smallest absolute Gasteiger partial charge is 0.0628 e. The van der Waals surface area contributed by atoms with E-state index in [1.807, 2.05) is 6.07 Å². The molecule has 2 nitrogen and oxygen atoms in total. The first-order valence-electron chi connectivity index (χ1n) is 9.40. The molecule has 0 fully saturated rings. The molecule has 0 spiro atoms. The average molecular weight is 343 g/mol. The van der Waals surface area contributed by atoms with Gasteiger partial charge >= 0.3 is 0 Å². The molecule has 1 N–H and O–H groups in total. The Hall–Kier alpha value is -2.42. The van der Waals surface area contributed by atoms with Gasteiger partial charge < -0.3 is 5.11 Å². The molecule has 1 heterocycles. The summed E-state index contributed by atoms with van der Waals surface area (Å²) in [6, 6.07) is 30.2. The van der Waals surface area contributed by atoms with Crippen molar-refractivity contribution >= 4 is 0 Å². The van der Waals surface area contributed by atoms with Crippen molar-refractivity contribution in [1.82, 2.24) is 4.90 Å². The van der Waals surface area contributed by atoms with E-state index in [1.54, 1.807) is 0 Å². The summed E-state index contributed by atoms with van der Waals surface area (Å²) in [4.78, 5) is 2.49. The summed E-state index contributed by atoms with van der Waals surface area (Å²) < 4.78 is 0. The summed E-state index contributed by atoms with van der Waals surface area (Å²) in [5.74, 6) is 0. The van der Waals surface area contributed by atoms with Crippen LogP contribution in [0.4, 0.5) is 0 Å². The van der Waals surface area contributed by atoms with Crippen molar-refractivity contribution in [3.8, 4) is 0 Å². The molecule has 0 unspecified atom stereocenters. The second-order valence-corrected chi connectivity index (χ2v) is 7.00. The van der Waals surface area contributed by atoms with Crippen molar-refractivity contribution in [2.24, 2.45) is 0 Å². The van der Waals surface area contributed by atoms with Gasteiger partial charge in [-0.3, -0.25) is 4.90 Å². The Balaban J connectivity index is 1.72. The number of hydrogen-bond acceptors (Lipinski definition) is 2. The van der Waals surface area contributed by atoms with Crippen molar-refractivity contribution in [1.29, 1.82) is 0 Å². The molecule has 0 aromatic heterocycles. The molecular formula is C24H25NO. The number of aliphatic hydroxyl groups excluding tert-OH is 1. The number of rotatable bonds is 5. The molecule has 26 heavy (non-hydrogen) atoms. The second kappa shape index (κ2) is 7.86. The maximum Gasteiger partial charge on any atom is 0.0628 e. The van der Waals surface area contributed by atoms with Gasteiger partial charge in [0, 0.05) is 12.6 Å². The van der Waals surface area contributed by atoms with E-state index in [-0.39, 0.29) is 18.7 Å². The van der Waals surface area contributed by atoms with Gasteiger partial charge in [-0.15, -0.1) is 0 Å². The van der Waals surface area contributed by atoms with Crippen molar-refractivity contribution in [2.45, 2.75) is 24.9 Å². The predicted octanol–water partition coefficient (Wildman–Crippen LogP) is 4.56. The van der Waals surface area contributed by atoms with Crippen LogP contribution in [0.15, 0.2) is 84.9 Å². The highest BCUT2D eigenvalue weighted by molar-refractivity contribution is 5.35. The lowest BCUT2D eigenvalue weighted by Crippen LogP contribution is -2.40. The van der Waals surface area contributed by atoms with Crippen LogP contribution in [0.3, 0.4) is 0 Å². The highest BCUT2D eigenvalue weighted by atomic mass is 16.3. The summed E-state index contributed by atoms with van der Waals surface area (Å²) in [6.45, 7) is 1.10. The Bertz CT molecular complexity index is 831. The standard InChI is InChI=1S/C24H25NO/c26-18-24(21-12-5-2-6-13-21)25-16-15-20-11-7-8-14-22(20)23(25)17-19-9-3-1-4-10-19/h1-14,23-24,26H,15-18H2/t23-,24-/m0/s1. The molecule has 0 amide bonds. The molecule has 3 aromatic carbocycles. The van der Waals surface area contributed by atoms with Gasteiger partial charge in [0.2, 0.25) is 0 Å². The van der Waals surface area contributed by atoms with E-state index in [2.05, 4.69) is 83.8 Å². The lowest BCUT2D eigenvalue weighted by Gasteiger charge is -2.42. The Morgan fingerprint density at radius 2 is 1.50 bits per heavy atom. The van der Waals surface area contributed by atoms with Crippen molar-refractivity contribution in [2.75, 3.05) is 13.2 Å². The van der Waals surface area contributed by atoms with Crippen LogP contribution in [0.1, 0.15) is 34.3 Å². The zero-order chi connectivity index (χ0) is 17.8. The summed E-state index contributed by atoms with van der Waals surface area (Å²) in [5, 5.41) is 10.2. The number of nitrogens with zero attached hydrogens (tertiary/aromatic N) is 1. The topological polar surface area (TPSA) is 23.5 Å². The first kappa shape index (κ1) is 17.0. The van der Waals surface area contributed by atoms with E-state index in [4.69, 9.17) is 0 Å². The Labute approximate surface area is 155 Å². The van der Waals surface area contributed by atoms with E-state index in [0.29, 0.717) is 0 Å². The first-order valence-corrected chi connectivity index (χ1v) is 9.40. The van der Waals surface area contributed by atoms with E-state index >= 15 is 0 Å². The van der Waals surface area contributed by atoms with Gasteiger partial charge in [0.15, 0.2) is 0 Å². The van der Waals surface area contributed by atoms with Gasteiger partial charge in [0.25, 0.3) is 0 Å².